The van der Waals surface area contributed by atoms with Gasteiger partial charge in [-0.2, -0.15) is 0 Å². The molecule has 0 radical (unpaired) electrons. The van der Waals surface area contributed by atoms with E-state index < -0.39 is 43.9 Å². The van der Waals surface area contributed by atoms with E-state index in [9.17, 15) is 10.0 Å². The molecule has 0 saturated heterocycles. The standard InChI is InChI=1S/C8H12BNO2/c1-3-8-6(2)7(9(11)12)4-5-10-8/h4-5,11-12H,3H2,1-2H3/i1D3,2D3,3D2. The summed E-state index contributed by atoms with van der Waals surface area (Å²) in [6.07, 6.45) is -2.11. The van der Waals surface area contributed by atoms with Gasteiger partial charge in [0.25, 0.3) is 0 Å². The van der Waals surface area contributed by atoms with Crippen LogP contribution in [0.1, 0.15) is 29.1 Å². The summed E-state index contributed by atoms with van der Waals surface area (Å²) in [5.74, 6) is 0. The molecule has 0 aromatic carbocycles. The Hall–Kier alpha value is -0.865. The monoisotopic (exact) mass is 173 g/mol. The zero-order valence-electron chi connectivity index (χ0n) is 14.1. The quantitative estimate of drug-likeness (QED) is 0.600. The van der Waals surface area contributed by atoms with Gasteiger partial charge >= 0.3 is 7.12 Å². The molecule has 1 rings (SSSR count). The number of aryl methyl sites for hydroxylation is 1. The fourth-order valence-electron chi connectivity index (χ4n) is 0.787. The van der Waals surface area contributed by atoms with Crippen LogP contribution in [0.3, 0.4) is 0 Å². The third-order valence-corrected chi connectivity index (χ3v) is 1.38. The van der Waals surface area contributed by atoms with Gasteiger partial charge in [0.15, 0.2) is 0 Å². The fourth-order valence-corrected chi connectivity index (χ4v) is 0.787. The van der Waals surface area contributed by atoms with Crippen molar-refractivity contribution in [3.63, 3.8) is 0 Å². The second kappa shape index (κ2) is 3.69. The van der Waals surface area contributed by atoms with E-state index >= 15 is 0 Å². The topological polar surface area (TPSA) is 53.4 Å². The van der Waals surface area contributed by atoms with Gasteiger partial charge in [-0.1, -0.05) is 6.85 Å². The molecule has 0 atom stereocenters. The van der Waals surface area contributed by atoms with Gasteiger partial charge in [0.1, 0.15) is 0 Å². The van der Waals surface area contributed by atoms with Gasteiger partial charge < -0.3 is 10.0 Å². The van der Waals surface area contributed by atoms with Gasteiger partial charge in [-0.05, 0) is 30.3 Å². The molecule has 0 saturated carbocycles. The van der Waals surface area contributed by atoms with Crippen LogP contribution >= 0.6 is 0 Å². The summed E-state index contributed by atoms with van der Waals surface area (Å²) < 4.78 is 58.8. The summed E-state index contributed by atoms with van der Waals surface area (Å²) >= 11 is 0. The Labute approximate surface area is 83.5 Å². The number of hydrogen-bond acceptors (Lipinski definition) is 3. The van der Waals surface area contributed by atoms with Crippen molar-refractivity contribution in [3.8, 4) is 0 Å². The predicted octanol–water partition coefficient (Wildman–Crippen LogP) is -0.368. The molecule has 0 aliphatic rings. The Balaban J connectivity index is 3.69. The van der Waals surface area contributed by atoms with Crippen LogP contribution in [-0.2, 0) is 6.37 Å². The van der Waals surface area contributed by atoms with Crippen molar-refractivity contribution in [2.24, 2.45) is 0 Å². The molecule has 0 unspecified atom stereocenters. The maximum Gasteiger partial charge on any atom is 0.488 e. The van der Waals surface area contributed by atoms with Crippen LogP contribution in [0.4, 0.5) is 0 Å². The van der Waals surface area contributed by atoms with E-state index in [-0.39, 0.29) is 0 Å². The number of nitrogens with zero attached hydrogens (tertiary/aromatic N) is 1. The maximum absolute atomic E-state index is 9.18. The predicted molar refractivity (Wildman–Crippen MR) is 48.2 cm³/mol. The molecule has 0 spiro atoms. The van der Waals surface area contributed by atoms with Crippen LogP contribution < -0.4 is 5.46 Å². The van der Waals surface area contributed by atoms with Crippen molar-refractivity contribution in [2.75, 3.05) is 0 Å². The third-order valence-electron chi connectivity index (χ3n) is 1.38. The second-order valence-corrected chi connectivity index (χ2v) is 2.12. The molecular weight excluding hydrogens is 153 g/mol. The van der Waals surface area contributed by atoms with Crippen LogP contribution in [-0.4, -0.2) is 22.2 Å². The molecule has 1 aromatic heterocycles. The molecule has 2 N–H and O–H groups in total. The lowest BCUT2D eigenvalue weighted by molar-refractivity contribution is 0.425. The SMILES string of the molecule is [2H]C([2H])([2H])c1c(B(O)O)ccnc1C([2H])([2H])C([2H])([2H])[2H]. The number of rotatable bonds is 2. The molecule has 1 aromatic rings. The number of hydrogen-bond donors (Lipinski definition) is 2. The minimum absolute atomic E-state index is 0.497. The van der Waals surface area contributed by atoms with E-state index in [0.717, 1.165) is 12.3 Å². The third kappa shape index (κ3) is 1.65. The summed E-state index contributed by atoms with van der Waals surface area (Å²) in [5, 5.41) is 18.4. The molecular formula is C8H12BNO2. The number of aromatic nitrogens is 1. The first kappa shape index (κ1) is 3.12. The molecule has 0 fully saturated rings. The first-order valence-electron chi connectivity index (χ1n) is 7.16. The zero-order chi connectivity index (χ0) is 15.9. The lowest BCUT2D eigenvalue weighted by atomic mass is 9.77. The van der Waals surface area contributed by atoms with E-state index in [1.54, 1.807) is 0 Å². The van der Waals surface area contributed by atoms with E-state index in [2.05, 4.69) is 4.98 Å². The van der Waals surface area contributed by atoms with Crippen molar-refractivity contribution < 1.29 is 21.0 Å². The fraction of sp³-hybridized carbons (Fsp3) is 0.375. The average Bonchev–Trinajstić information content (AvgIpc) is 2.25. The van der Waals surface area contributed by atoms with E-state index in [4.69, 9.17) is 11.0 Å². The summed E-state index contributed by atoms with van der Waals surface area (Å²) in [5.41, 5.74) is -2.14. The molecule has 1 heterocycles. The Morgan fingerprint density at radius 2 is 2.58 bits per heavy atom. The lowest BCUT2D eigenvalue weighted by Gasteiger charge is -2.07. The zero-order valence-corrected chi connectivity index (χ0v) is 6.07. The normalized spacial score (nSPS) is 23.2. The lowest BCUT2D eigenvalue weighted by Crippen LogP contribution is -2.33. The summed E-state index contributed by atoms with van der Waals surface area (Å²) in [6, 6.07) is 0.992. The highest BCUT2D eigenvalue weighted by atomic mass is 16.4. The molecule has 3 nitrogen and oxygen atoms in total. The van der Waals surface area contributed by atoms with Crippen LogP contribution in [0, 0.1) is 6.85 Å². The molecule has 0 aliphatic heterocycles. The highest BCUT2D eigenvalue weighted by Gasteiger charge is 2.15. The Morgan fingerprint density at radius 3 is 3.17 bits per heavy atom. The first-order chi connectivity index (χ1) is 8.80. The molecule has 12 heavy (non-hydrogen) atoms. The molecule has 0 aliphatic carbocycles. The van der Waals surface area contributed by atoms with Crippen molar-refractivity contribution in [1.82, 2.24) is 4.98 Å². The minimum Gasteiger partial charge on any atom is -0.423 e. The summed E-state index contributed by atoms with van der Waals surface area (Å²) in [6.45, 7) is -6.10. The van der Waals surface area contributed by atoms with Crippen LogP contribution in [0.5, 0.6) is 0 Å². The van der Waals surface area contributed by atoms with E-state index in [1.165, 1.54) is 0 Å². The average molecular weight is 173 g/mol. The molecule has 4 heteroatoms. The molecule has 0 amide bonds. The van der Waals surface area contributed by atoms with Crippen molar-refractivity contribution in [1.29, 1.82) is 0 Å². The van der Waals surface area contributed by atoms with Crippen molar-refractivity contribution in [3.05, 3.63) is 23.5 Å². The van der Waals surface area contributed by atoms with Gasteiger partial charge in [-0.25, -0.2) is 0 Å². The van der Waals surface area contributed by atoms with Crippen LogP contribution in [0.15, 0.2) is 12.3 Å². The largest absolute Gasteiger partial charge is 0.488 e. The van der Waals surface area contributed by atoms with Gasteiger partial charge in [0, 0.05) is 22.9 Å². The minimum atomic E-state index is -3.15. The number of pyridine rings is 1. The van der Waals surface area contributed by atoms with Gasteiger partial charge in [-0.3, -0.25) is 4.98 Å². The van der Waals surface area contributed by atoms with Crippen molar-refractivity contribution >= 4 is 12.6 Å². The van der Waals surface area contributed by atoms with Gasteiger partial charge in [-0.15, -0.1) is 0 Å². The summed E-state index contributed by atoms with van der Waals surface area (Å²) in [4.78, 5) is 3.51. The highest BCUT2D eigenvalue weighted by Crippen LogP contribution is 2.01. The molecule has 0 bridgehead atoms. The second-order valence-electron chi connectivity index (χ2n) is 2.12. The first-order valence-corrected chi connectivity index (χ1v) is 3.16. The van der Waals surface area contributed by atoms with Crippen molar-refractivity contribution in [2.45, 2.75) is 20.1 Å². The van der Waals surface area contributed by atoms with Gasteiger partial charge in [0.05, 0.1) is 0 Å². The molecule has 64 valence electrons. The van der Waals surface area contributed by atoms with E-state index in [1.807, 2.05) is 0 Å². The van der Waals surface area contributed by atoms with E-state index in [0.29, 0.717) is 0 Å². The maximum atomic E-state index is 9.18. The Morgan fingerprint density at radius 1 is 1.75 bits per heavy atom. The van der Waals surface area contributed by atoms with Crippen LogP contribution in [0.25, 0.3) is 0 Å². The van der Waals surface area contributed by atoms with Gasteiger partial charge in [0.2, 0.25) is 0 Å². The highest BCUT2D eigenvalue weighted by molar-refractivity contribution is 6.59. The Kier molecular flexibility index (Phi) is 0.961. The summed E-state index contributed by atoms with van der Waals surface area (Å²) in [7, 11) is -2.18. The Bertz CT molecular complexity index is 498. The smallest absolute Gasteiger partial charge is 0.423 e. The van der Waals surface area contributed by atoms with Crippen LogP contribution in [0.2, 0.25) is 0 Å².